The van der Waals surface area contributed by atoms with E-state index < -0.39 is 0 Å². The summed E-state index contributed by atoms with van der Waals surface area (Å²) in [5, 5.41) is 12.5. The van der Waals surface area contributed by atoms with Crippen molar-refractivity contribution in [1.29, 1.82) is 0 Å². The van der Waals surface area contributed by atoms with Crippen molar-refractivity contribution in [3.63, 3.8) is 0 Å². The SMILES string of the molecule is O=C(CSc1n[nH]c(=O)n1Cc1ccccc1)Nc1ccccc1C(=O)NCc1ccccc1. The molecule has 0 saturated heterocycles. The van der Waals surface area contributed by atoms with E-state index in [1.165, 1.54) is 4.57 Å². The molecule has 8 nitrogen and oxygen atoms in total. The predicted octanol–water partition coefficient (Wildman–Crippen LogP) is 3.28. The van der Waals surface area contributed by atoms with E-state index >= 15 is 0 Å². The van der Waals surface area contributed by atoms with Crippen LogP contribution in [0.2, 0.25) is 0 Å². The van der Waals surface area contributed by atoms with Gasteiger partial charge in [-0.25, -0.2) is 9.89 Å². The molecular formula is C25H23N5O3S. The molecule has 0 saturated carbocycles. The van der Waals surface area contributed by atoms with E-state index in [1.807, 2.05) is 60.7 Å². The maximum absolute atomic E-state index is 12.7. The van der Waals surface area contributed by atoms with Crippen molar-refractivity contribution in [1.82, 2.24) is 20.1 Å². The molecule has 0 spiro atoms. The zero-order valence-corrected chi connectivity index (χ0v) is 19.0. The Hall–Kier alpha value is -4.11. The van der Waals surface area contributed by atoms with Gasteiger partial charge in [0, 0.05) is 6.54 Å². The van der Waals surface area contributed by atoms with Gasteiger partial charge in [0.1, 0.15) is 0 Å². The van der Waals surface area contributed by atoms with Crippen LogP contribution in [0.4, 0.5) is 5.69 Å². The van der Waals surface area contributed by atoms with Crippen LogP contribution in [0, 0.1) is 0 Å². The summed E-state index contributed by atoms with van der Waals surface area (Å²) in [6.07, 6.45) is 0. The van der Waals surface area contributed by atoms with Crippen LogP contribution >= 0.6 is 11.8 Å². The van der Waals surface area contributed by atoms with E-state index in [0.717, 1.165) is 22.9 Å². The van der Waals surface area contributed by atoms with Crippen LogP contribution in [0.3, 0.4) is 0 Å². The molecule has 172 valence electrons. The van der Waals surface area contributed by atoms with E-state index in [-0.39, 0.29) is 23.3 Å². The summed E-state index contributed by atoms with van der Waals surface area (Å²) in [6.45, 7) is 0.737. The van der Waals surface area contributed by atoms with Gasteiger partial charge < -0.3 is 10.6 Å². The minimum atomic E-state index is -0.341. The van der Waals surface area contributed by atoms with Crippen LogP contribution in [0.25, 0.3) is 0 Å². The fourth-order valence-electron chi connectivity index (χ4n) is 3.30. The highest BCUT2D eigenvalue weighted by Crippen LogP contribution is 2.18. The Morgan fingerprint density at radius 3 is 2.26 bits per heavy atom. The number of hydrogen-bond acceptors (Lipinski definition) is 5. The number of rotatable bonds is 9. The molecule has 4 rings (SSSR count). The number of nitrogens with one attached hydrogen (secondary N) is 3. The van der Waals surface area contributed by atoms with E-state index in [9.17, 15) is 14.4 Å². The first-order valence-electron chi connectivity index (χ1n) is 10.6. The zero-order valence-electron chi connectivity index (χ0n) is 18.2. The number of aromatic amines is 1. The maximum Gasteiger partial charge on any atom is 0.344 e. The summed E-state index contributed by atoms with van der Waals surface area (Å²) in [5.41, 5.74) is 2.38. The van der Waals surface area contributed by atoms with Crippen molar-refractivity contribution >= 4 is 29.3 Å². The first-order chi connectivity index (χ1) is 16.6. The number of carbonyl (C=O) groups excluding carboxylic acids is 2. The Kier molecular flexibility index (Phi) is 7.56. The van der Waals surface area contributed by atoms with Gasteiger partial charge in [-0.1, -0.05) is 84.6 Å². The minimum absolute atomic E-state index is 0.0268. The normalized spacial score (nSPS) is 10.6. The first-order valence-corrected chi connectivity index (χ1v) is 11.6. The van der Waals surface area contributed by atoms with Crippen molar-refractivity contribution in [3.8, 4) is 0 Å². The highest BCUT2D eigenvalue weighted by molar-refractivity contribution is 7.99. The molecular weight excluding hydrogens is 450 g/mol. The summed E-state index contributed by atoms with van der Waals surface area (Å²) >= 11 is 1.14. The molecule has 1 aromatic heterocycles. The molecule has 0 bridgehead atoms. The van der Waals surface area contributed by atoms with Crippen LogP contribution in [-0.4, -0.2) is 32.3 Å². The van der Waals surface area contributed by atoms with Gasteiger partial charge in [0.25, 0.3) is 5.91 Å². The third-order valence-electron chi connectivity index (χ3n) is 4.98. The summed E-state index contributed by atoms with van der Waals surface area (Å²) in [6, 6.07) is 26.0. The third-order valence-corrected chi connectivity index (χ3v) is 5.96. The lowest BCUT2D eigenvalue weighted by Crippen LogP contribution is -2.25. The summed E-state index contributed by atoms with van der Waals surface area (Å²) in [5.74, 6) is -0.564. The monoisotopic (exact) mass is 473 g/mol. The van der Waals surface area contributed by atoms with Gasteiger partial charge in [0.05, 0.1) is 23.5 Å². The molecule has 1 heterocycles. The summed E-state index contributed by atoms with van der Waals surface area (Å²) in [7, 11) is 0. The van der Waals surface area contributed by atoms with E-state index in [0.29, 0.717) is 29.5 Å². The smallest absolute Gasteiger partial charge is 0.344 e. The van der Waals surface area contributed by atoms with Crippen LogP contribution < -0.4 is 16.3 Å². The largest absolute Gasteiger partial charge is 0.348 e. The van der Waals surface area contributed by atoms with Gasteiger partial charge >= 0.3 is 5.69 Å². The minimum Gasteiger partial charge on any atom is -0.348 e. The standard InChI is InChI=1S/C25H23N5O3S/c31-22(17-34-25-29-28-24(33)30(25)16-19-11-5-2-6-12-19)27-21-14-8-7-13-20(21)23(32)26-15-18-9-3-1-4-10-18/h1-14H,15-17H2,(H,26,32)(H,27,31)(H,28,33). The maximum atomic E-state index is 12.7. The molecule has 0 aliphatic rings. The van der Waals surface area contributed by atoms with Gasteiger partial charge in [-0.2, -0.15) is 0 Å². The second kappa shape index (κ2) is 11.2. The molecule has 0 radical (unpaired) electrons. The number of amides is 2. The summed E-state index contributed by atoms with van der Waals surface area (Å²) < 4.78 is 1.48. The second-order valence-corrected chi connectivity index (χ2v) is 8.38. The first kappa shape index (κ1) is 23.1. The van der Waals surface area contributed by atoms with Crippen LogP contribution in [-0.2, 0) is 17.9 Å². The number of anilines is 1. The molecule has 9 heteroatoms. The number of nitrogens with zero attached hydrogens (tertiary/aromatic N) is 2. The van der Waals surface area contributed by atoms with Crippen molar-refractivity contribution < 1.29 is 9.59 Å². The van der Waals surface area contributed by atoms with Crippen LogP contribution in [0.15, 0.2) is 94.9 Å². The number of thioether (sulfide) groups is 1. The average Bonchev–Trinajstić information content (AvgIpc) is 3.21. The topological polar surface area (TPSA) is 109 Å². The number of carbonyl (C=O) groups is 2. The molecule has 3 N–H and O–H groups in total. The van der Waals surface area contributed by atoms with Gasteiger partial charge in [0.2, 0.25) is 5.91 Å². The second-order valence-electron chi connectivity index (χ2n) is 7.43. The van der Waals surface area contributed by atoms with Gasteiger partial charge in [-0.05, 0) is 23.3 Å². The van der Waals surface area contributed by atoms with Crippen LogP contribution in [0.5, 0.6) is 0 Å². The van der Waals surface area contributed by atoms with Crippen LogP contribution in [0.1, 0.15) is 21.5 Å². The molecule has 0 fully saturated rings. The predicted molar refractivity (Wildman–Crippen MR) is 132 cm³/mol. The fourth-order valence-corrected chi connectivity index (χ4v) is 4.04. The zero-order chi connectivity index (χ0) is 23.8. The van der Waals surface area contributed by atoms with Crippen molar-refractivity contribution in [3.05, 3.63) is 112 Å². The molecule has 0 unspecified atom stereocenters. The van der Waals surface area contributed by atoms with Crippen molar-refractivity contribution in [2.75, 3.05) is 11.1 Å². The lowest BCUT2D eigenvalue weighted by Gasteiger charge is -2.11. The number of H-pyrrole nitrogens is 1. The highest BCUT2D eigenvalue weighted by Gasteiger charge is 2.15. The molecule has 0 aliphatic heterocycles. The lowest BCUT2D eigenvalue weighted by molar-refractivity contribution is -0.113. The highest BCUT2D eigenvalue weighted by atomic mass is 32.2. The van der Waals surface area contributed by atoms with E-state index in [4.69, 9.17) is 0 Å². The van der Waals surface area contributed by atoms with E-state index in [1.54, 1.807) is 24.3 Å². The Labute approximate surface area is 200 Å². The Morgan fingerprint density at radius 2 is 1.53 bits per heavy atom. The fraction of sp³-hybridized carbons (Fsp3) is 0.120. The Morgan fingerprint density at radius 1 is 0.882 bits per heavy atom. The number of aromatic nitrogens is 3. The number of hydrogen-bond donors (Lipinski definition) is 3. The molecule has 2 amide bonds. The van der Waals surface area contributed by atoms with Gasteiger partial charge in [-0.3, -0.25) is 14.2 Å². The van der Waals surface area contributed by atoms with Crippen molar-refractivity contribution in [2.45, 2.75) is 18.2 Å². The van der Waals surface area contributed by atoms with Gasteiger partial charge in [-0.15, -0.1) is 5.10 Å². The number of para-hydroxylation sites is 1. The third kappa shape index (κ3) is 6.02. The lowest BCUT2D eigenvalue weighted by atomic mass is 10.1. The average molecular weight is 474 g/mol. The quantitative estimate of drug-likeness (QED) is 0.323. The number of benzene rings is 3. The Balaban J connectivity index is 1.37. The molecule has 0 atom stereocenters. The molecule has 34 heavy (non-hydrogen) atoms. The van der Waals surface area contributed by atoms with Crippen molar-refractivity contribution in [2.24, 2.45) is 0 Å². The summed E-state index contributed by atoms with van der Waals surface area (Å²) in [4.78, 5) is 37.5. The molecule has 3 aromatic carbocycles. The molecule has 4 aromatic rings. The Bertz CT molecular complexity index is 1320. The van der Waals surface area contributed by atoms with Gasteiger partial charge in [0.15, 0.2) is 5.16 Å². The molecule has 0 aliphatic carbocycles. The van der Waals surface area contributed by atoms with E-state index in [2.05, 4.69) is 20.8 Å².